The van der Waals surface area contributed by atoms with Gasteiger partial charge in [-0.25, -0.2) is 0 Å². The van der Waals surface area contributed by atoms with E-state index in [9.17, 15) is 14.4 Å². The first kappa shape index (κ1) is 23.4. The van der Waals surface area contributed by atoms with E-state index in [1.54, 1.807) is 24.4 Å². The van der Waals surface area contributed by atoms with E-state index in [1.807, 2.05) is 60.7 Å². The summed E-state index contributed by atoms with van der Waals surface area (Å²) in [7, 11) is 0. The fourth-order valence-electron chi connectivity index (χ4n) is 4.16. The van der Waals surface area contributed by atoms with E-state index in [0.29, 0.717) is 16.8 Å². The lowest BCUT2D eigenvalue weighted by atomic mass is 10.1. The highest BCUT2D eigenvalue weighted by Gasteiger charge is 2.27. The van der Waals surface area contributed by atoms with Crippen LogP contribution >= 0.6 is 11.8 Å². The molecule has 1 aliphatic heterocycles. The van der Waals surface area contributed by atoms with E-state index < -0.39 is 11.8 Å². The first-order valence-corrected chi connectivity index (χ1v) is 12.5. The number of carbonyl (C=O) groups excluding carboxylic acids is 3. The van der Waals surface area contributed by atoms with Crippen molar-refractivity contribution in [3.63, 3.8) is 0 Å². The summed E-state index contributed by atoms with van der Waals surface area (Å²) in [4.78, 5) is 42.9. The van der Waals surface area contributed by atoms with E-state index in [-0.39, 0.29) is 11.5 Å². The van der Waals surface area contributed by atoms with E-state index in [0.717, 1.165) is 32.1 Å². The number of hydrogen-bond acceptors (Lipinski definition) is 6. The third-order valence-corrected chi connectivity index (χ3v) is 7.08. The monoisotopic (exact) mass is 517 g/mol. The zero-order valence-corrected chi connectivity index (χ0v) is 20.6. The van der Waals surface area contributed by atoms with Crippen LogP contribution in [0, 0.1) is 0 Å². The van der Waals surface area contributed by atoms with Crippen LogP contribution in [0.25, 0.3) is 23.1 Å². The smallest absolute Gasteiger partial charge is 0.259 e. The third-order valence-electron chi connectivity index (χ3n) is 6.02. The molecular weight excluding hydrogens is 498 g/mol. The molecule has 1 aliphatic rings. The maximum absolute atomic E-state index is 13.2. The molecule has 38 heavy (non-hydrogen) atoms. The van der Waals surface area contributed by atoms with Crippen LogP contribution in [0.15, 0.2) is 94.9 Å². The molecule has 3 amide bonds. The second-order valence-electron chi connectivity index (χ2n) is 8.50. The molecule has 9 heteroatoms. The van der Waals surface area contributed by atoms with Crippen molar-refractivity contribution in [1.82, 2.24) is 20.5 Å². The Morgan fingerprint density at radius 1 is 0.868 bits per heavy atom. The fraction of sp³-hybridized carbons (Fsp3) is 0. The second-order valence-corrected chi connectivity index (χ2v) is 9.62. The number of aromatic nitrogens is 3. The van der Waals surface area contributed by atoms with Crippen LogP contribution in [-0.4, -0.2) is 32.9 Å². The summed E-state index contributed by atoms with van der Waals surface area (Å²) in [6, 6.07) is 23.7. The van der Waals surface area contributed by atoms with Crippen molar-refractivity contribution >= 4 is 58.2 Å². The number of nitrogens with zero attached hydrogens (tertiary/aromatic N) is 2. The lowest BCUT2D eigenvalue weighted by Crippen LogP contribution is -2.19. The van der Waals surface area contributed by atoms with Crippen molar-refractivity contribution in [2.45, 2.75) is 9.79 Å². The molecule has 3 heterocycles. The summed E-state index contributed by atoms with van der Waals surface area (Å²) < 4.78 is 0. The molecule has 0 radical (unpaired) electrons. The SMILES string of the molecule is O=C(Nc1ccc2c(c1)C(=O)NC2=O)c1ccccc1Sc1ccc2c(/C=C/c3ccccn3)n[nH]c2c1. The van der Waals surface area contributed by atoms with Gasteiger partial charge < -0.3 is 5.32 Å². The van der Waals surface area contributed by atoms with Crippen LogP contribution in [0.1, 0.15) is 42.5 Å². The van der Waals surface area contributed by atoms with Crippen molar-refractivity contribution < 1.29 is 14.4 Å². The molecule has 0 unspecified atom stereocenters. The number of fused-ring (bicyclic) bond motifs is 2. The Morgan fingerprint density at radius 3 is 2.58 bits per heavy atom. The molecule has 5 aromatic rings. The number of hydrogen-bond donors (Lipinski definition) is 3. The minimum atomic E-state index is -0.471. The molecule has 0 saturated heterocycles. The highest BCUT2D eigenvalue weighted by atomic mass is 32.2. The number of carbonyl (C=O) groups is 3. The Labute approximate surface area is 221 Å². The number of amides is 3. The average Bonchev–Trinajstić information content (AvgIpc) is 3.47. The number of rotatable bonds is 6. The Kier molecular flexibility index (Phi) is 6.03. The number of nitrogens with one attached hydrogen (secondary N) is 3. The highest BCUT2D eigenvalue weighted by molar-refractivity contribution is 7.99. The Morgan fingerprint density at radius 2 is 1.71 bits per heavy atom. The summed E-state index contributed by atoms with van der Waals surface area (Å²) in [5.74, 6) is -1.22. The Bertz CT molecular complexity index is 1760. The van der Waals surface area contributed by atoms with Gasteiger partial charge in [0.25, 0.3) is 17.7 Å². The van der Waals surface area contributed by atoms with Gasteiger partial charge in [0.05, 0.1) is 33.6 Å². The lowest BCUT2D eigenvalue weighted by Gasteiger charge is -2.11. The van der Waals surface area contributed by atoms with Crippen molar-refractivity contribution in [2.24, 2.45) is 0 Å². The molecular formula is C29H19N5O3S. The zero-order chi connectivity index (χ0) is 26.1. The van der Waals surface area contributed by atoms with E-state index in [2.05, 4.69) is 25.8 Å². The first-order valence-electron chi connectivity index (χ1n) is 11.7. The van der Waals surface area contributed by atoms with Crippen molar-refractivity contribution in [3.8, 4) is 0 Å². The Balaban J connectivity index is 1.21. The predicted octanol–water partition coefficient (Wildman–Crippen LogP) is 5.42. The number of anilines is 1. The predicted molar refractivity (Wildman–Crippen MR) is 146 cm³/mol. The lowest BCUT2D eigenvalue weighted by molar-refractivity contribution is 0.0878. The standard InChI is InChI=1S/C29H19N5O3S/c35-27-20-11-8-18(15-23(20)29(37)32-27)31-28(36)22-6-1-2-7-26(22)38-19-10-12-21-24(33-34-25(21)16-19)13-9-17-5-3-4-14-30-17/h1-16H,(H,31,36)(H,33,34)(H,32,35,37)/b13-9+. The van der Waals surface area contributed by atoms with Gasteiger partial charge >= 0.3 is 0 Å². The number of benzene rings is 3. The average molecular weight is 518 g/mol. The molecule has 0 fully saturated rings. The summed E-state index contributed by atoms with van der Waals surface area (Å²) in [6.07, 6.45) is 5.58. The molecule has 6 rings (SSSR count). The molecule has 0 saturated carbocycles. The molecule has 0 spiro atoms. The highest BCUT2D eigenvalue weighted by Crippen LogP contribution is 2.33. The summed E-state index contributed by atoms with van der Waals surface area (Å²) in [6.45, 7) is 0. The number of pyridine rings is 1. The molecule has 2 aromatic heterocycles. The molecule has 0 aliphatic carbocycles. The normalized spacial score (nSPS) is 12.6. The topological polar surface area (TPSA) is 117 Å². The van der Waals surface area contributed by atoms with Gasteiger partial charge in [-0.05, 0) is 72.8 Å². The molecule has 8 nitrogen and oxygen atoms in total. The van der Waals surface area contributed by atoms with Gasteiger partial charge in [0.15, 0.2) is 0 Å². The maximum Gasteiger partial charge on any atom is 0.259 e. The van der Waals surface area contributed by atoms with Crippen LogP contribution in [0.2, 0.25) is 0 Å². The minimum Gasteiger partial charge on any atom is -0.322 e. The maximum atomic E-state index is 13.2. The van der Waals surface area contributed by atoms with E-state index >= 15 is 0 Å². The summed E-state index contributed by atoms with van der Waals surface area (Å²) >= 11 is 1.46. The van der Waals surface area contributed by atoms with Crippen molar-refractivity contribution in [3.05, 3.63) is 113 Å². The van der Waals surface area contributed by atoms with Gasteiger partial charge in [0.1, 0.15) is 0 Å². The summed E-state index contributed by atoms with van der Waals surface area (Å²) in [5, 5.41) is 13.6. The van der Waals surface area contributed by atoms with Crippen LogP contribution in [0.4, 0.5) is 5.69 Å². The van der Waals surface area contributed by atoms with E-state index in [1.165, 1.54) is 23.9 Å². The molecule has 184 valence electrons. The van der Waals surface area contributed by atoms with Gasteiger partial charge in [0, 0.05) is 27.1 Å². The zero-order valence-electron chi connectivity index (χ0n) is 19.8. The van der Waals surface area contributed by atoms with Gasteiger partial charge in [-0.3, -0.25) is 29.8 Å². The molecule has 3 aromatic carbocycles. The first-order chi connectivity index (χ1) is 18.5. The third kappa shape index (κ3) is 4.58. The van der Waals surface area contributed by atoms with E-state index in [4.69, 9.17) is 0 Å². The molecule has 3 N–H and O–H groups in total. The number of imide groups is 1. The number of H-pyrrole nitrogens is 1. The van der Waals surface area contributed by atoms with Gasteiger partial charge in [0.2, 0.25) is 0 Å². The van der Waals surface area contributed by atoms with Gasteiger partial charge in [-0.1, -0.05) is 30.0 Å². The molecule has 0 atom stereocenters. The fourth-order valence-corrected chi connectivity index (χ4v) is 5.15. The Hall–Kier alpha value is -5.02. The van der Waals surface area contributed by atoms with Crippen LogP contribution < -0.4 is 10.6 Å². The van der Waals surface area contributed by atoms with Crippen LogP contribution in [0.3, 0.4) is 0 Å². The second kappa shape index (κ2) is 9.79. The van der Waals surface area contributed by atoms with Crippen molar-refractivity contribution in [2.75, 3.05) is 5.32 Å². The number of aromatic amines is 1. The quantitative estimate of drug-likeness (QED) is 0.259. The largest absolute Gasteiger partial charge is 0.322 e. The van der Waals surface area contributed by atoms with Crippen molar-refractivity contribution in [1.29, 1.82) is 0 Å². The minimum absolute atomic E-state index is 0.248. The molecule has 0 bridgehead atoms. The van der Waals surface area contributed by atoms with Crippen LogP contribution in [0.5, 0.6) is 0 Å². The van der Waals surface area contributed by atoms with Crippen LogP contribution in [-0.2, 0) is 0 Å². The van der Waals surface area contributed by atoms with Gasteiger partial charge in [-0.2, -0.15) is 5.10 Å². The summed E-state index contributed by atoms with van der Waals surface area (Å²) in [5.41, 5.74) is 4.01. The van der Waals surface area contributed by atoms with Gasteiger partial charge in [-0.15, -0.1) is 0 Å².